The zero-order valence-corrected chi connectivity index (χ0v) is 15.4. The zero-order valence-electron chi connectivity index (χ0n) is 15.4. The highest BCUT2D eigenvalue weighted by atomic mass is 16.5. The lowest BCUT2D eigenvalue weighted by Gasteiger charge is -2.13. The Hall–Kier alpha value is -2.50. The number of nitrogens with one attached hydrogen (secondary N) is 2. The van der Waals surface area contributed by atoms with Crippen LogP contribution in [0.15, 0.2) is 42.5 Å². The van der Waals surface area contributed by atoms with Gasteiger partial charge in [-0.1, -0.05) is 12.1 Å². The molecule has 1 aromatic heterocycles. The molecule has 0 radical (unpaired) electrons. The van der Waals surface area contributed by atoms with Crippen LogP contribution in [0.2, 0.25) is 0 Å². The summed E-state index contributed by atoms with van der Waals surface area (Å²) in [6, 6.07) is 12.9. The van der Waals surface area contributed by atoms with Crippen molar-refractivity contribution in [2.24, 2.45) is 0 Å². The Morgan fingerprint density at radius 2 is 1.89 bits per heavy atom. The number of phenols is 1. The van der Waals surface area contributed by atoms with Gasteiger partial charge in [0, 0.05) is 35.8 Å². The number of benzene rings is 2. The summed E-state index contributed by atoms with van der Waals surface area (Å²) in [4.78, 5) is 3.55. The van der Waals surface area contributed by atoms with Crippen molar-refractivity contribution in [3.8, 4) is 11.5 Å². The normalized spacial score (nSPS) is 14.9. The van der Waals surface area contributed by atoms with E-state index in [4.69, 9.17) is 4.74 Å². The van der Waals surface area contributed by atoms with E-state index in [9.17, 15) is 10.2 Å². The molecule has 27 heavy (non-hydrogen) atoms. The smallest absolute Gasteiger partial charge is 0.121 e. The third-order valence-corrected chi connectivity index (χ3v) is 5.23. The van der Waals surface area contributed by atoms with Crippen LogP contribution in [0.5, 0.6) is 11.5 Å². The first kappa shape index (κ1) is 17.9. The minimum Gasteiger partial charge on any atom is -0.508 e. The number of aliphatic hydroxyl groups excluding tert-OH is 1. The van der Waals surface area contributed by atoms with E-state index in [1.165, 1.54) is 35.9 Å². The summed E-state index contributed by atoms with van der Waals surface area (Å²) < 4.78 is 5.85. The highest BCUT2D eigenvalue weighted by Crippen LogP contribution is 2.31. The number of phenolic OH excluding ortho intramolecular Hbond substituents is 1. The van der Waals surface area contributed by atoms with Gasteiger partial charge in [0.25, 0.3) is 0 Å². The van der Waals surface area contributed by atoms with Crippen molar-refractivity contribution in [1.29, 1.82) is 0 Å². The molecule has 5 nitrogen and oxygen atoms in total. The number of H-pyrrole nitrogens is 1. The summed E-state index contributed by atoms with van der Waals surface area (Å²) in [7, 11) is 0. The van der Waals surface area contributed by atoms with Crippen molar-refractivity contribution < 1.29 is 14.9 Å². The first-order valence-corrected chi connectivity index (χ1v) is 9.65. The number of rotatable bonds is 7. The average Bonchev–Trinajstić information content (AvgIpc) is 3.06. The molecule has 1 heterocycles. The standard InChI is InChI=1S/C22H26N2O3/c25-16-7-5-15(6-8-16)22(26)14-23-11-12-27-17-9-10-19-18-3-1-2-4-20(18)24-21(19)13-17/h5-10,13,22-26H,1-4,11-12,14H2. The summed E-state index contributed by atoms with van der Waals surface area (Å²) in [5.74, 6) is 1.06. The fraction of sp³-hybridized carbons (Fsp3) is 0.364. The molecule has 2 aromatic carbocycles. The summed E-state index contributed by atoms with van der Waals surface area (Å²) in [6.07, 6.45) is 4.26. The number of ether oxygens (including phenoxy) is 1. The molecule has 1 aliphatic carbocycles. The van der Waals surface area contributed by atoms with Gasteiger partial charge in [-0.15, -0.1) is 0 Å². The van der Waals surface area contributed by atoms with Crippen LogP contribution in [0.25, 0.3) is 10.9 Å². The second kappa shape index (κ2) is 8.03. The van der Waals surface area contributed by atoms with Crippen LogP contribution in [0.3, 0.4) is 0 Å². The molecule has 0 saturated carbocycles. The van der Waals surface area contributed by atoms with Gasteiger partial charge in [-0.05, 0) is 61.1 Å². The topological polar surface area (TPSA) is 77.5 Å². The second-order valence-electron chi connectivity index (χ2n) is 7.16. The third kappa shape index (κ3) is 4.10. The number of aromatic nitrogens is 1. The molecular formula is C22H26N2O3. The number of aromatic amines is 1. The van der Waals surface area contributed by atoms with Crippen molar-refractivity contribution in [1.82, 2.24) is 10.3 Å². The number of hydrogen-bond acceptors (Lipinski definition) is 4. The van der Waals surface area contributed by atoms with Gasteiger partial charge in [-0.2, -0.15) is 0 Å². The quantitative estimate of drug-likeness (QED) is 0.483. The van der Waals surface area contributed by atoms with Crippen molar-refractivity contribution in [2.75, 3.05) is 19.7 Å². The Labute approximate surface area is 159 Å². The van der Waals surface area contributed by atoms with Gasteiger partial charge in [0.15, 0.2) is 0 Å². The van der Waals surface area contributed by atoms with Crippen molar-refractivity contribution in [3.05, 3.63) is 59.3 Å². The number of aromatic hydroxyl groups is 1. The van der Waals surface area contributed by atoms with Gasteiger partial charge >= 0.3 is 0 Å². The molecule has 0 saturated heterocycles. The SMILES string of the molecule is Oc1ccc(C(O)CNCCOc2ccc3c4c([nH]c3c2)CCCC4)cc1. The van der Waals surface area contributed by atoms with Crippen LogP contribution in [0.1, 0.15) is 35.8 Å². The maximum Gasteiger partial charge on any atom is 0.121 e. The lowest BCUT2D eigenvalue weighted by molar-refractivity contribution is 0.172. The molecular weight excluding hydrogens is 340 g/mol. The van der Waals surface area contributed by atoms with E-state index in [0.29, 0.717) is 19.7 Å². The van der Waals surface area contributed by atoms with Gasteiger partial charge in [0.1, 0.15) is 18.1 Å². The number of fused-ring (bicyclic) bond motifs is 3. The van der Waals surface area contributed by atoms with E-state index in [1.54, 1.807) is 24.3 Å². The lowest BCUT2D eigenvalue weighted by atomic mass is 9.96. The first-order chi connectivity index (χ1) is 13.2. The highest BCUT2D eigenvalue weighted by Gasteiger charge is 2.15. The molecule has 1 aliphatic rings. The summed E-state index contributed by atoms with van der Waals surface area (Å²) in [5.41, 5.74) is 4.81. The van der Waals surface area contributed by atoms with Crippen LogP contribution in [0, 0.1) is 0 Å². The van der Waals surface area contributed by atoms with E-state index >= 15 is 0 Å². The van der Waals surface area contributed by atoms with Crippen molar-refractivity contribution >= 4 is 10.9 Å². The van der Waals surface area contributed by atoms with E-state index in [0.717, 1.165) is 23.3 Å². The van der Waals surface area contributed by atoms with Crippen LogP contribution in [0.4, 0.5) is 0 Å². The summed E-state index contributed by atoms with van der Waals surface area (Å²) >= 11 is 0. The largest absolute Gasteiger partial charge is 0.508 e. The lowest BCUT2D eigenvalue weighted by Crippen LogP contribution is -2.26. The zero-order chi connectivity index (χ0) is 18.6. The molecule has 5 heteroatoms. The van der Waals surface area contributed by atoms with Crippen LogP contribution in [-0.2, 0) is 12.8 Å². The Bertz CT molecular complexity index is 902. The Kier molecular flexibility index (Phi) is 5.32. The molecule has 0 amide bonds. The van der Waals surface area contributed by atoms with Crippen LogP contribution >= 0.6 is 0 Å². The minimum absolute atomic E-state index is 0.201. The molecule has 1 unspecified atom stereocenters. The molecule has 0 fully saturated rings. The molecule has 4 rings (SSSR count). The molecule has 4 N–H and O–H groups in total. The summed E-state index contributed by atoms with van der Waals surface area (Å²) in [5, 5.41) is 24.0. The molecule has 142 valence electrons. The van der Waals surface area contributed by atoms with Crippen LogP contribution < -0.4 is 10.1 Å². The van der Waals surface area contributed by atoms with Crippen molar-refractivity contribution in [3.63, 3.8) is 0 Å². The maximum atomic E-state index is 10.1. The number of aryl methyl sites for hydroxylation is 2. The number of hydrogen-bond donors (Lipinski definition) is 4. The van der Waals surface area contributed by atoms with E-state index in [2.05, 4.69) is 22.4 Å². The van der Waals surface area contributed by atoms with E-state index in [-0.39, 0.29) is 5.75 Å². The Morgan fingerprint density at radius 3 is 2.74 bits per heavy atom. The highest BCUT2D eigenvalue weighted by molar-refractivity contribution is 5.86. The van der Waals surface area contributed by atoms with E-state index < -0.39 is 6.10 Å². The van der Waals surface area contributed by atoms with Gasteiger partial charge in [-0.25, -0.2) is 0 Å². The van der Waals surface area contributed by atoms with Crippen LogP contribution in [-0.4, -0.2) is 34.9 Å². The predicted molar refractivity (Wildman–Crippen MR) is 106 cm³/mol. The third-order valence-electron chi connectivity index (χ3n) is 5.23. The molecule has 1 atom stereocenters. The Morgan fingerprint density at radius 1 is 1.07 bits per heavy atom. The molecule has 0 spiro atoms. The van der Waals surface area contributed by atoms with Gasteiger partial charge in [-0.3, -0.25) is 0 Å². The van der Waals surface area contributed by atoms with Gasteiger partial charge < -0.3 is 25.3 Å². The fourth-order valence-corrected chi connectivity index (χ4v) is 3.78. The Balaban J connectivity index is 1.26. The second-order valence-corrected chi connectivity index (χ2v) is 7.16. The monoisotopic (exact) mass is 366 g/mol. The fourth-order valence-electron chi connectivity index (χ4n) is 3.78. The van der Waals surface area contributed by atoms with Gasteiger partial charge in [0.05, 0.1) is 6.10 Å². The molecule has 3 aromatic rings. The number of aliphatic hydroxyl groups is 1. The average molecular weight is 366 g/mol. The maximum absolute atomic E-state index is 10.1. The van der Waals surface area contributed by atoms with E-state index in [1.807, 2.05) is 6.07 Å². The molecule has 0 aliphatic heterocycles. The van der Waals surface area contributed by atoms with Gasteiger partial charge in [0.2, 0.25) is 0 Å². The minimum atomic E-state index is -0.604. The van der Waals surface area contributed by atoms with Crippen molar-refractivity contribution in [2.45, 2.75) is 31.8 Å². The first-order valence-electron chi connectivity index (χ1n) is 9.65. The molecule has 0 bridgehead atoms. The predicted octanol–water partition coefficient (Wildman–Crippen LogP) is 3.45. The summed E-state index contributed by atoms with van der Waals surface area (Å²) in [6.45, 7) is 1.62.